The third kappa shape index (κ3) is 3.72. The number of methoxy groups -OCH3 is 2. The Morgan fingerprint density at radius 2 is 1.92 bits per heavy atom. The van der Waals surface area contributed by atoms with Gasteiger partial charge >= 0.3 is 0 Å². The number of carbonyl (C=O) groups is 1. The lowest BCUT2D eigenvalue weighted by atomic mass is 10.1. The van der Waals surface area contributed by atoms with Gasteiger partial charge in [0.05, 0.1) is 27.4 Å². The van der Waals surface area contributed by atoms with Crippen LogP contribution < -0.4 is 9.47 Å². The molecule has 0 saturated carbocycles. The monoisotopic (exact) mass is 361 g/mol. The maximum atomic E-state index is 12.9. The van der Waals surface area contributed by atoms with Crippen LogP contribution in [-0.2, 0) is 4.74 Å². The zero-order valence-corrected chi connectivity index (χ0v) is 15.0. The maximum Gasteiger partial charge on any atom is 0.254 e. The highest BCUT2D eigenvalue weighted by Gasteiger charge is 2.27. The molecule has 3 rings (SSSR count). The van der Waals surface area contributed by atoms with Crippen LogP contribution in [0.1, 0.15) is 22.0 Å². The van der Waals surface area contributed by atoms with Crippen LogP contribution in [0.4, 0.5) is 0 Å². The molecular weight excluding hydrogens is 342 g/mol. The summed E-state index contributed by atoms with van der Waals surface area (Å²) >= 11 is 6.26. The SMILES string of the molecule is COc1ccc(C(=O)N2CCOC(c3ccccc3Cl)C2)cc1OC. The third-order valence-electron chi connectivity index (χ3n) is 4.24. The van der Waals surface area contributed by atoms with Gasteiger partial charge in [-0.25, -0.2) is 0 Å². The molecule has 1 unspecified atom stereocenters. The molecule has 0 aromatic heterocycles. The Morgan fingerprint density at radius 3 is 2.64 bits per heavy atom. The number of ether oxygens (including phenoxy) is 3. The predicted molar refractivity (Wildman–Crippen MR) is 95.6 cm³/mol. The lowest BCUT2D eigenvalue weighted by Gasteiger charge is -2.33. The number of nitrogens with zero attached hydrogens (tertiary/aromatic N) is 1. The number of morpholine rings is 1. The topological polar surface area (TPSA) is 48.0 Å². The van der Waals surface area contributed by atoms with Crippen LogP contribution in [0, 0.1) is 0 Å². The van der Waals surface area contributed by atoms with Crippen LogP contribution in [0.5, 0.6) is 11.5 Å². The van der Waals surface area contributed by atoms with Gasteiger partial charge in [-0.1, -0.05) is 29.8 Å². The highest BCUT2D eigenvalue weighted by molar-refractivity contribution is 6.31. The van der Waals surface area contributed by atoms with Crippen LogP contribution in [0.25, 0.3) is 0 Å². The molecule has 25 heavy (non-hydrogen) atoms. The summed E-state index contributed by atoms with van der Waals surface area (Å²) in [5.74, 6) is 1.06. The molecule has 1 atom stereocenters. The summed E-state index contributed by atoms with van der Waals surface area (Å²) in [5.41, 5.74) is 1.45. The van der Waals surface area contributed by atoms with E-state index in [4.69, 9.17) is 25.8 Å². The minimum absolute atomic E-state index is 0.0682. The smallest absolute Gasteiger partial charge is 0.254 e. The molecule has 1 amide bonds. The molecule has 0 N–H and O–H groups in total. The van der Waals surface area contributed by atoms with E-state index in [-0.39, 0.29) is 12.0 Å². The minimum atomic E-state index is -0.230. The summed E-state index contributed by atoms with van der Waals surface area (Å²) in [4.78, 5) is 14.6. The molecule has 2 aromatic rings. The molecule has 132 valence electrons. The number of halogens is 1. The fourth-order valence-electron chi connectivity index (χ4n) is 2.91. The minimum Gasteiger partial charge on any atom is -0.493 e. The Bertz CT molecular complexity index is 765. The number of hydrogen-bond acceptors (Lipinski definition) is 4. The molecule has 2 aromatic carbocycles. The molecule has 0 radical (unpaired) electrons. The first kappa shape index (κ1) is 17.6. The first-order valence-electron chi connectivity index (χ1n) is 8.01. The van der Waals surface area contributed by atoms with Crippen LogP contribution >= 0.6 is 11.6 Å². The molecule has 1 aliphatic heterocycles. The zero-order chi connectivity index (χ0) is 17.8. The predicted octanol–water partition coefficient (Wildman–Crippen LogP) is 3.57. The molecule has 0 bridgehead atoms. The number of benzene rings is 2. The van der Waals surface area contributed by atoms with E-state index in [1.165, 1.54) is 0 Å². The fourth-order valence-corrected chi connectivity index (χ4v) is 3.17. The van der Waals surface area contributed by atoms with Gasteiger partial charge in [0.2, 0.25) is 0 Å². The van der Waals surface area contributed by atoms with Gasteiger partial charge in [-0.05, 0) is 24.3 Å². The Morgan fingerprint density at radius 1 is 1.16 bits per heavy atom. The number of amides is 1. The van der Waals surface area contributed by atoms with E-state index >= 15 is 0 Å². The van der Waals surface area contributed by atoms with Crippen molar-refractivity contribution in [1.82, 2.24) is 4.90 Å². The molecule has 0 aliphatic carbocycles. The molecule has 1 saturated heterocycles. The fraction of sp³-hybridized carbons (Fsp3) is 0.316. The van der Waals surface area contributed by atoms with Crippen molar-refractivity contribution in [1.29, 1.82) is 0 Å². The van der Waals surface area contributed by atoms with Crippen molar-refractivity contribution in [3.8, 4) is 11.5 Å². The average molecular weight is 362 g/mol. The van der Waals surface area contributed by atoms with Crippen molar-refractivity contribution in [3.05, 3.63) is 58.6 Å². The largest absolute Gasteiger partial charge is 0.493 e. The number of hydrogen-bond donors (Lipinski definition) is 0. The van der Waals surface area contributed by atoms with E-state index in [1.807, 2.05) is 24.3 Å². The lowest BCUT2D eigenvalue weighted by Crippen LogP contribution is -2.42. The average Bonchev–Trinajstić information content (AvgIpc) is 2.67. The van der Waals surface area contributed by atoms with Gasteiger partial charge in [0.15, 0.2) is 11.5 Å². The molecule has 1 heterocycles. The number of carbonyl (C=O) groups excluding carboxylic acids is 1. The zero-order valence-electron chi connectivity index (χ0n) is 14.2. The normalized spacial score (nSPS) is 17.2. The molecule has 1 aliphatic rings. The van der Waals surface area contributed by atoms with Gasteiger partial charge in [0.1, 0.15) is 6.10 Å². The van der Waals surface area contributed by atoms with Crippen LogP contribution in [0.15, 0.2) is 42.5 Å². The Kier molecular flexibility index (Phi) is 5.46. The summed E-state index contributed by atoms with van der Waals surface area (Å²) in [5, 5.41) is 0.646. The van der Waals surface area contributed by atoms with E-state index < -0.39 is 0 Å². The van der Waals surface area contributed by atoms with Crippen molar-refractivity contribution in [3.63, 3.8) is 0 Å². The lowest BCUT2D eigenvalue weighted by molar-refractivity contribution is -0.0227. The molecular formula is C19H20ClNO4. The van der Waals surface area contributed by atoms with E-state index in [1.54, 1.807) is 37.3 Å². The van der Waals surface area contributed by atoms with Gasteiger partial charge in [0, 0.05) is 22.7 Å². The highest BCUT2D eigenvalue weighted by atomic mass is 35.5. The van der Waals surface area contributed by atoms with Crippen LogP contribution in [0.2, 0.25) is 5.02 Å². The quantitative estimate of drug-likeness (QED) is 0.835. The summed E-state index contributed by atoms with van der Waals surface area (Å²) in [6.45, 7) is 1.46. The van der Waals surface area contributed by atoms with Crippen molar-refractivity contribution in [2.75, 3.05) is 33.9 Å². The van der Waals surface area contributed by atoms with E-state index in [0.717, 1.165) is 5.56 Å². The van der Waals surface area contributed by atoms with Crippen LogP contribution in [-0.4, -0.2) is 44.7 Å². The van der Waals surface area contributed by atoms with Crippen LogP contribution in [0.3, 0.4) is 0 Å². The van der Waals surface area contributed by atoms with E-state index in [9.17, 15) is 4.79 Å². The third-order valence-corrected chi connectivity index (χ3v) is 4.58. The summed E-state index contributed by atoms with van der Waals surface area (Å²) in [6.07, 6.45) is -0.230. The van der Waals surface area contributed by atoms with Crippen molar-refractivity contribution in [2.45, 2.75) is 6.10 Å². The van der Waals surface area contributed by atoms with E-state index in [0.29, 0.717) is 41.8 Å². The van der Waals surface area contributed by atoms with E-state index in [2.05, 4.69) is 0 Å². The molecule has 6 heteroatoms. The van der Waals surface area contributed by atoms with Gasteiger partial charge in [-0.3, -0.25) is 4.79 Å². The second-order valence-corrected chi connectivity index (χ2v) is 6.11. The van der Waals surface area contributed by atoms with Gasteiger partial charge < -0.3 is 19.1 Å². The molecule has 0 spiro atoms. The summed E-state index contributed by atoms with van der Waals surface area (Å²) in [7, 11) is 3.11. The van der Waals surface area contributed by atoms with Crippen molar-refractivity contribution >= 4 is 17.5 Å². The second-order valence-electron chi connectivity index (χ2n) is 5.70. The van der Waals surface area contributed by atoms with Gasteiger partial charge in [-0.15, -0.1) is 0 Å². The second kappa shape index (κ2) is 7.76. The van der Waals surface area contributed by atoms with Crippen molar-refractivity contribution in [2.24, 2.45) is 0 Å². The maximum absolute atomic E-state index is 12.9. The highest BCUT2D eigenvalue weighted by Crippen LogP contribution is 2.31. The first-order chi connectivity index (χ1) is 12.1. The summed E-state index contributed by atoms with van der Waals surface area (Å²) < 4.78 is 16.3. The Balaban J connectivity index is 1.79. The Labute approximate surface area is 152 Å². The number of rotatable bonds is 4. The van der Waals surface area contributed by atoms with Gasteiger partial charge in [-0.2, -0.15) is 0 Å². The first-order valence-corrected chi connectivity index (χ1v) is 8.39. The molecule has 1 fully saturated rings. The Hall–Kier alpha value is -2.24. The standard InChI is InChI=1S/C19H20ClNO4/c1-23-16-8-7-13(11-17(16)24-2)19(22)21-9-10-25-18(12-21)14-5-3-4-6-15(14)20/h3-8,11,18H,9-10,12H2,1-2H3. The van der Waals surface area contributed by atoms with Gasteiger partial charge in [0.25, 0.3) is 5.91 Å². The van der Waals surface area contributed by atoms with Crippen molar-refractivity contribution < 1.29 is 19.0 Å². The summed E-state index contributed by atoms with van der Waals surface area (Å²) in [6, 6.07) is 12.7. The molecule has 5 nitrogen and oxygen atoms in total.